The van der Waals surface area contributed by atoms with Crippen LogP contribution in [0.4, 0.5) is 0 Å². The third-order valence-electron chi connectivity index (χ3n) is 4.69. The Hall–Kier alpha value is -1.55. The number of hydrogen-bond acceptors (Lipinski definition) is 2. The molecule has 3 rings (SSSR count). The van der Waals surface area contributed by atoms with Crippen LogP contribution in [0.1, 0.15) is 31.2 Å². The average molecular weight is 308 g/mol. The Morgan fingerprint density at radius 3 is 2.81 bits per heavy atom. The Kier molecular flexibility index (Phi) is 3.44. The Balaban J connectivity index is 1.65. The summed E-state index contributed by atoms with van der Waals surface area (Å²) in [5, 5.41) is 9.92. The van der Waals surface area contributed by atoms with Crippen LogP contribution in [0.15, 0.2) is 24.3 Å². The Bertz CT molecular complexity index is 603. The molecule has 1 saturated carbocycles. The molecular weight excluding hydrogens is 290 g/mol. The molecular formula is C16H18ClNO3. The van der Waals surface area contributed by atoms with Crippen LogP contribution in [0.25, 0.3) is 0 Å². The predicted octanol–water partition coefficient (Wildman–Crippen LogP) is 2.77. The van der Waals surface area contributed by atoms with E-state index in [-0.39, 0.29) is 17.7 Å². The third kappa shape index (κ3) is 2.64. The first kappa shape index (κ1) is 14.4. The van der Waals surface area contributed by atoms with Gasteiger partial charge in [0.15, 0.2) is 0 Å². The second-order valence-electron chi connectivity index (χ2n) is 6.38. The van der Waals surface area contributed by atoms with Crippen molar-refractivity contribution in [2.24, 2.45) is 11.3 Å². The van der Waals surface area contributed by atoms with Crippen LogP contribution < -0.4 is 0 Å². The van der Waals surface area contributed by atoms with Gasteiger partial charge in [0.05, 0.1) is 5.41 Å². The standard InChI is InChI=1S/C16H18ClNO3/c1-16(15(20)21)5-6-18(9-16)14(19)13-8-12(13)10-3-2-4-11(17)7-10/h2-4,7,12-13H,5-6,8-9H2,1H3,(H,20,21). The van der Waals surface area contributed by atoms with Gasteiger partial charge in [0, 0.05) is 24.0 Å². The fourth-order valence-corrected chi connectivity index (χ4v) is 3.33. The lowest BCUT2D eigenvalue weighted by Gasteiger charge is -2.20. The highest BCUT2D eigenvalue weighted by molar-refractivity contribution is 6.30. The van der Waals surface area contributed by atoms with Crippen molar-refractivity contribution in [2.45, 2.75) is 25.7 Å². The van der Waals surface area contributed by atoms with Gasteiger partial charge >= 0.3 is 5.97 Å². The quantitative estimate of drug-likeness (QED) is 0.934. The molecule has 1 amide bonds. The Labute approximate surface area is 128 Å². The molecule has 0 aromatic heterocycles. The molecule has 5 heteroatoms. The summed E-state index contributed by atoms with van der Waals surface area (Å²) >= 11 is 5.98. The minimum Gasteiger partial charge on any atom is -0.481 e. The zero-order valence-corrected chi connectivity index (χ0v) is 12.6. The first-order chi connectivity index (χ1) is 9.90. The summed E-state index contributed by atoms with van der Waals surface area (Å²) in [5.41, 5.74) is 0.303. The van der Waals surface area contributed by atoms with Gasteiger partial charge in [-0.3, -0.25) is 9.59 Å². The van der Waals surface area contributed by atoms with Gasteiger partial charge in [-0.25, -0.2) is 0 Å². The lowest BCUT2D eigenvalue weighted by Crippen LogP contribution is -2.35. The van der Waals surface area contributed by atoms with Crippen molar-refractivity contribution >= 4 is 23.5 Å². The number of likely N-dealkylation sites (tertiary alicyclic amines) is 1. The normalized spacial score (nSPS) is 31.2. The molecule has 0 spiro atoms. The number of rotatable bonds is 3. The molecule has 21 heavy (non-hydrogen) atoms. The molecule has 3 atom stereocenters. The number of hydrogen-bond donors (Lipinski definition) is 1. The number of carboxylic acids is 1. The molecule has 1 aromatic rings. The zero-order chi connectivity index (χ0) is 15.2. The van der Waals surface area contributed by atoms with E-state index in [1.165, 1.54) is 0 Å². The number of halogens is 1. The van der Waals surface area contributed by atoms with Gasteiger partial charge in [0.25, 0.3) is 0 Å². The highest BCUT2D eigenvalue weighted by Crippen LogP contribution is 2.49. The van der Waals surface area contributed by atoms with Crippen molar-refractivity contribution in [1.82, 2.24) is 4.90 Å². The SMILES string of the molecule is CC1(C(=O)O)CCN(C(=O)C2CC2c2cccc(Cl)c2)C1. The number of carbonyl (C=O) groups is 2. The van der Waals surface area contributed by atoms with Gasteiger partial charge in [-0.2, -0.15) is 0 Å². The van der Waals surface area contributed by atoms with Crippen molar-refractivity contribution in [2.75, 3.05) is 13.1 Å². The van der Waals surface area contributed by atoms with Crippen LogP contribution in [-0.2, 0) is 9.59 Å². The summed E-state index contributed by atoms with van der Waals surface area (Å²) in [6.45, 7) is 2.57. The van der Waals surface area contributed by atoms with Crippen molar-refractivity contribution in [1.29, 1.82) is 0 Å². The first-order valence-electron chi connectivity index (χ1n) is 7.18. The summed E-state index contributed by atoms with van der Waals surface area (Å²) in [7, 11) is 0. The molecule has 3 unspecified atom stereocenters. The van der Waals surface area contributed by atoms with E-state index < -0.39 is 11.4 Å². The van der Waals surface area contributed by atoms with E-state index in [0.29, 0.717) is 24.5 Å². The zero-order valence-electron chi connectivity index (χ0n) is 11.9. The lowest BCUT2D eigenvalue weighted by molar-refractivity contribution is -0.147. The Morgan fingerprint density at radius 1 is 1.43 bits per heavy atom. The minimum atomic E-state index is -0.819. The molecule has 1 saturated heterocycles. The fourth-order valence-electron chi connectivity index (χ4n) is 3.13. The average Bonchev–Trinajstić information content (AvgIpc) is 3.14. The summed E-state index contributed by atoms with van der Waals surface area (Å²) in [6, 6.07) is 7.62. The molecule has 1 aliphatic carbocycles. The topological polar surface area (TPSA) is 57.6 Å². The minimum absolute atomic E-state index is 0.0142. The van der Waals surface area contributed by atoms with Crippen molar-refractivity contribution in [3.8, 4) is 0 Å². The molecule has 0 radical (unpaired) electrons. The van der Waals surface area contributed by atoms with Gasteiger partial charge in [-0.1, -0.05) is 23.7 Å². The molecule has 2 fully saturated rings. The van der Waals surface area contributed by atoms with Crippen LogP contribution in [0.5, 0.6) is 0 Å². The second kappa shape index (κ2) is 5.02. The molecule has 1 aromatic carbocycles. The molecule has 2 aliphatic rings. The van der Waals surface area contributed by atoms with E-state index in [0.717, 1.165) is 12.0 Å². The van der Waals surface area contributed by atoms with E-state index in [4.69, 9.17) is 11.6 Å². The number of carbonyl (C=O) groups excluding carboxylic acids is 1. The molecule has 1 N–H and O–H groups in total. The van der Waals surface area contributed by atoms with Gasteiger partial charge in [-0.15, -0.1) is 0 Å². The number of nitrogens with zero attached hydrogens (tertiary/aromatic N) is 1. The van der Waals surface area contributed by atoms with Gasteiger partial charge in [0.1, 0.15) is 0 Å². The van der Waals surface area contributed by atoms with E-state index in [9.17, 15) is 14.7 Å². The molecule has 1 heterocycles. The summed E-state index contributed by atoms with van der Waals surface area (Å²) < 4.78 is 0. The maximum absolute atomic E-state index is 12.5. The maximum Gasteiger partial charge on any atom is 0.311 e. The van der Waals surface area contributed by atoms with E-state index in [2.05, 4.69) is 0 Å². The van der Waals surface area contributed by atoms with Gasteiger partial charge in [0.2, 0.25) is 5.91 Å². The lowest BCUT2D eigenvalue weighted by atomic mass is 9.90. The molecule has 0 bridgehead atoms. The van der Waals surface area contributed by atoms with Crippen LogP contribution in [-0.4, -0.2) is 35.0 Å². The second-order valence-corrected chi connectivity index (χ2v) is 6.82. The number of carboxylic acid groups (broad SMARTS) is 1. The van der Waals surface area contributed by atoms with Crippen molar-refractivity contribution < 1.29 is 14.7 Å². The Morgan fingerprint density at radius 2 is 2.19 bits per heavy atom. The molecule has 4 nitrogen and oxygen atoms in total. The van der Waals surface area contributed by atoms with Crippen LogP contribution in [0.3, 0.4) is 0 Å². The highest BCUT2D eigenvalue weighted by Gasteiger charge is 2.49. The van der Waals surface area contributed by atoms with Gasteiger partial charge < -0.3 is 10.0 Å². The third-order valence-corrected chi connectivity index (χ3v) is 4.92. The predicted molar refractivity (Wildman–Crippen MR) is 79.2 cm³/mol. The molecule has 1 aliphatic heterocycles. The van der Waals surface area contributed by atoms with E-state index in [1.807, 2.05) is 24.3 Å². The number of amides is 1. The summed E-state index contributed by atoms with van der Waals surface area (Å²) in [4.78, 5) is 25.4. The highest BCUT2D eigenvalue weighted by atomic mass is 35.5. The largest absolute Gasteiger partial charge is 0.481 e. The summed E-state index contributed by atoms with van der Waals surface area (Å²) in [6.07, 6.45) is 1.36. The first-order valence-corrected chi connectivity index (χ1v) is 7.56. The monoisotopic (exact) mass is 307 g/mol. The summed E-state index contributed by atoms with van der Waals surface area (Å²) in [5.74, 6) is -0.516. The van der Waals surface area contributed by atoms with Crippen molar-refractivity contribution in [3.05, 3.63) is 34.9 Å². The van der Waals surface area contributed by atoms with Crippen LogP contribution in [0, 0.1) is 11.3 Å². The molecule has 112 valence electrons. The van der Waals surface area contributed by atoms with Gasteiger partial charge in [-0.05, 0) is 43.4 Å². The van der Waals surface area contributed by atoms with E-state index >= 15 is 0 Å². The van der Waals surface area contributed by atoms with E-state index in [1.54, 1.807) is 11.8 Å². The van der Waals surface area contributed by atoms with Crippen LogP contribution in [0.2, 0.25) is 5.02 Å². The smallest absolute Gasteiger partial charge is 0.311 e. The number of benzene rings is 1. The van der Waals surface area contributed by atoms with Crippen molar-refractivity contribution in [3.63, 3.8) is 0 Å². The maximum atomic E-state index is 12.5. The number of aliphatic carboxylic acids is 1. The van der Waals surface area contributed by atoms with Crippen LogP contribution >= 0.6 is 11.6 Å². The fraction of sp³-hybridized carbons (Fsp3) is 0.500.